The van der Waals surface area contributed by atoms with Crippen molar-refractivity contribution in [1.29, 1.82) is 0 Å². The molecule has 3 rings (SSSR count). The molecule has 2 atom stereocenters. The van der Waals surface area contributed by atoms with Gasteiger partial charge in [-0.1, -0.05) is 6.42 Å². The van der Waals surface area contributed by atoms with E-state index in [-0.39, 0.29) is 5.97 Å². The van der Waals surface area contributed by atoms with Crippen molar-refractivity contribution in [3.63, 3.8) is 0 Å². The number of thiazole rings is 1. The number of ether oxygens (including phenoxy) is 1. The van der Waals surface area contributed by atoms with Gasteiger partial charge in [0.1, 0.15) is 0 Å². The van der Waals surface area contributed by atoms with E-state index in [0.717, 1.165) is 18.2 Å². The minimum atomic E-state index is -0.351. The average Bonchev–Trinajstić information content (AvgIpc) is 2.95. The molecule has 6 heteroatoms. The Balaban J connectivity index is 1.75. The van der Waals surface area contributed by atoms with E-state index in [1.807, 2.05) is 0 Å². The van der Waals surface area contributed by atoms with Gasteiger partial charge in [-0.3, -0.25) is 4.90 Å². The van der Waals surface area contributed by atoms with E-state index in [2.05, 4.69) is 21.7 Å². The monoisotopic (exact) mass is 295 g/mol. The lowest BCUT2D eigenvalue weighted by atomic mass is 9.97. The molecule has 2 aliphatic heterocycles. The second-order valence-electron chi connectivity index (χ2n) is 5.65. The Hall–Kier alpha value is -1.14. The van der Waals surface area contributed by atoms with Crippen molar-refractivity contribution in [2.24, 2.45) is 0 Å². The summed E-state index contributed by atoms with van der Waals surface area (Å²) in [5.74, 6) is -0.351. The van der Waals surface area contributed by atoms with Crippen LogP contribution in [0.1, 0.15) is 36.7 Å². The van der Waals surface area contributed by atoms with Crippen molar-refractivity contribution >= 4 is 22.4 Å². The van der Waals surface area contributed by atoms with Gasteiger partial charge in [0.25, 0.3) is 0 Å². The van der Waals surface area contributed by atoms with Crippen LogP contribution in [0.5, 0.6) is 0 Å². The standard InChI is InChI=1S/C14H21N3O2S/c1-10-7-16-6-4-3-5-11(16)8-17(10)14-15-12(9-20-14)13(18)19-2/h9-11H,3-8H2,1-2H3. The SMILES string of the molecule is COC(=O)c1csc(N2CC3CCCCN3CC2C)n1. The summed E-state index contributed by atoms with van der Waals surface area (Å²) in [5, 5.41) is 2.74. The van der Waals surface area contributed by atoms with Gasteiger partial charge in [0.15, 0.2) is 10.8 Å². The van der Waals surface area contributed by atoms with Crippen LogP contribution >= 0.6 is 11.3 Å². The van der Waals surface area contributed by atoms with Crippen molar-refractivity contribution in [2.75, 3.05) is 31.6 Å². The molecule has 1 aromatic heterocycles. The zero-order valence-corrected chi connectivity index (χ0v) is 12.9. The number of rotatable bonds is 2. The van der Waals surface area contributed by atoms with Gasteiger partial charge in [-0.2, -0.15) is 0 Å². The van der Waals surface area contributed by atoms with E-state index < -0.39 is 0 Å². The first-order chi connectivity index (χ1) is 9.69. The number of aromatic nitrogens is 1. The third-order valence-corrected chi connectivity index (χ3v) is 5.20. The Morgan fingerprint density at radius 1 is 1.45 bits per heavy atom. The van der Waals surface area contributed by atoms with Gasteiger partial charge in [-0.05, 0) is 26.3 Å². The van der Waals surface area contributed by atoms with Crippen LogP contribution in [0.15, 0.2) is 5.38 Å². The highest BCUT2D eigenvalue weighted by Crippen LogP contribution is 2.30. The van der Waals surface area contributed by atoms with Crippen LogP contribution in [-0.4, -0.2) is 54.7 Å². The molecule has 0 saturated carbocycles. The van der Waals surface area contributed by atoms with Gasteiger partial charge in [-0.25, -0.2) is 9.78 Å². The predicted molar refractivity (Wildman–Crippen MR) is 79.5 cm³/mol. The van der Waals surface area contributed by atoms with E-state index in [1.54, 1.807) is 5.38 Å². The number of fused-ring (bicyclic) bond motifs is 1. The Labute approximate surface area is 123 Å². The Kier molecular flexibility index (Phi) is 3.94. The molecule has 2 saturated heterocycles. The van der Waals surface area contributed by atoms with Gasteiger partial charge < -0.3 is 9.64 Å². The van der Waals surface area contributed by atoms with Crippen molar-refractivity contribution in [3.05, 3.63) is 11.1 Å². The Morgan fingerprint density at radius 2 is 2.30 bits per heavy atom. The third kappa shape index (κ3) is 2.54. The zero-order valence-electron chi connectivity index (χ0n) is 12.0. The summed E-state index contributed by atoms with van der Waals surface area (Å²) >= 11 is 1.54. The molecule has 2 fully saturated rings. The average molecular weight is 295 g/mol. The predicted octanol–water partition coefficient (Wildman–Crippen LogP) is 1.99. The van der Waals surface area contributed by atoms with Crippen LogP contribution in [0, 0.1) is 0 Å². The highest BCUT2D eigenvalue weighted by Gasteiger charge is 2.34. The summed E-state index contributed by atoms with van der Waals surface area (Å²) in [5.41, 5.74) is 0.422. The number of piperidine rings is 1. The maximum absolute atomic E-state index is 11.5. The van der Waals surface area contributed by atoms with Crippen molar-refractivity contribution in [2.45, 2.75) is 38.3 Å². The first-order valence-electron chi connectivity index (χ1n) is 7.23. The Morgan fingerprint density at radius 3 is 3.10 bits per heavy atom. The Bertz CT molecular complexity index is 491. The molecule has 0 spiro atoms. The lowest BCUT2D eigenvalue weighted by Crippen LogP contribution is -2.58. The highest BCUT2D eigenvalue weighted by molar-refractivity contribution is 7.13. The third-order valence-electron chi connectivity index (χ3n) is 4.32. The number of carbonyl (C=O) groups is 1. The fourth-order valence-electron chi connectivity index (χ4n) is 3.21. The first kappa shape index (κ1) is 13.8. The van der Waals surface area contributed by atoms with E-state index in [1.165, 1.54) is 44.3 Å². The first-order valence-corrected chi connectivity index (χ1v) is 8.11. The summed E-state index contributed by atoms with van der Waals surface area (Å²) in [6, 6.07) is 1.09. The lowest BCUT2D eigenvalue weighted by molar-refractivity contribution is 0.0595. The van der Waals surface area contributed by atoms with Crippen LogP contribution in [-0.2, 0) is 4.74 Å². The van der Waals surface area contributed by atoms with E-state index in [4.69, 9.17) is 4.74 Å². The number of hydrogen-bond acceptors (Lipinski definition) is 6. The second kappa shape index (κ2) is 5.69. The molecule has 0 bridgehead atoms. The molecule has 20 heavy (non-hydrogen) atoms. The maximum Gasteiger partial charge on any atom is 0.357 e. The largest absolute Gasteiger partial charge is 0.464 e. The number of methoxy groups -OCH3 is 1. The molecular weight excluding hydrogens is 274 g/mol. The molecule has 110 valence electrons. The fraction of sp³-hybridized carbons (Fsp3) is 0.714. The van der Waals surface area contributed by atoms with Crippen molar-refractivity contribution in [1.82, 2.24) is 9.88 Å². The van der Waals surface area contributed by atoms with Crippen LogP contribution in [0.3, 0.4) is 0 Å². The normalized spacial score (nSPS) is 27.2. The number of hydrogen-bond donors (Lipinski definition) is 0. The molecule has 0 aromatic carbocycles. The van der Waals surface area contributed by atoms with Crippen LogP contribution < -0.4 is 4.90 Å². The molecular formula is C14H21N3O2S. The smallest absolute Gasteiger partial charge is 0.357 e. The number of carbonyl (C=O) groups excluding carboxylic acids is 1. The second-order valence-corrected chi connectivity index (χ2v) is 6.49. The van der Waals surface area contributed by atoms with Crippen molar-refractivity contribution in [3.8, 4) is 0 Å². The quantitative estimate of drug-likeness (QED) is 0.781. The molecule has 0 radical (unpaired) electrons. The molecule has 0 aliphatic carbocycles. The summed E-state index contributed by atoms with van der Waals surface area (Å²) in [4.78, 5) is 20.9. The van der Waals surface area contributed by atoms with Crippen LogP contribution in [0.4, 0.5) is 5.13 Å². The minimum Gasteiger partial charge on any atom is -0.464 e. The number of esters is 1. The summed E-state index contributed by atoms with van der Waals surface area (Å²) < 4.78 is 4.73. The summed E-state index contributed by atoms with van der Waals surface area (Å²) in [6.07, 6.45) is 3.93. The highest BCUT2D eigenvalue weighted by atomic mass is 32.1. The zero-order chi connectivity index (χ0) is 14.1. The van der Waals surface area contributed by atoms with E-state index in [9.17, 15) is 4.79 Å². The summed E-state index contributed by atoms with van der Waals surface area (Å²) in [6.45, 7) is 5.59. The van der Waals surface area contributed by atoms with Gasteiger partial charge in [0.05, 0.1) is 7.11 Å². The number of anilines is 1. The van der Waals surface area contributed by atoms with Crippen LogP contribution in [0.25, 0.3) is 0 Å². The molecule has 5 nitrogen and oxygen atoms in total. The van der Waals surface area contributed by atoms with Crippen LogP contribution in [0.2, 0.25) is 0 Å². The molecule has 2 unspecified atom stereocenters. The van der Waals surface area contributed by atoms with E-state index in [0.29, 0.717) is 17.8 Å². The van der Waals surface area contributed by atoms with Gasteiger partial charge in [-0.15, -0.1) is 11.3 Å². The van der Waals surface area contributed by atoms with Gasteiger partial charge in [0, 0.05) is 30.6 Å². The molecule has 3 heterocycles. The van der Waals surface area contributed by atoms with E-state index >= 15 is 0 Å². The molecule has 2 aliphatic rings. The molecule has 0 amide bonds. The molecule has 0 N–H and O–H groups in total. The topological polar surface area (TPSA) is 45.7 Å². The van der Waals surface area contributed by atoms with Gasteiger partial charge in [0.2, 0.25) is 0 Å². The van der Waals surface area contributed by atoms with Crippen molar-refractivity contribution < 1.29 is 9.53 Å². The lowest BCUT2D eigenvalue weighted by Gasteiger charge is -2.47. The number of piperazine rings is 1. The fourth-order valence-corrected chi connectivity index (χ4v) is 4.12. The van der Waals surface area contributed by atoms with Gasteiger partial charge >= 0.3 is 5.97 Å². The number of nitrogens with zero attached hydrogens (tertiary/aromatic N) is 3. The summed E-state index contributed by atoms with van der Waals surface area (Å²) in [7, 11) is 1.39. The maximum atomic E-state index is 11.5. The minimum absolute atomic E-state index is 0.351. The molecule has 1 aromatic rings.